The van der Waals surface area contributed by atoms with E-state index >= 15 is 0 Å². The van der Waals surface area contributed by atoms with E-state index in [2.05, 4.69) is 27.7 Å². The molecule has 0 aromatic carbocycles. The van der Waals surface area contributed by atoms with Crippen molar-refractivity contribution in [3.63, 3.8) is 0 Å². The third-order valence-corrected chi connectivity index (χ3v) is 6.95. The van der Waals surface area contributed by atoms with Gasteiger partial charge in [0.25, 0.3) is 0 Å². The molecule has 0 aromatic rings. The van der Waals surface area contributed by atoms with Crippen LogP contribution in [0.3, 0.4) is 0 Å². The van der Waals surface area contributed by atoms with Gasteiger partial charge in [0.2, 0.25) is 0 Å². The zero-order valence-corrected chi connectivity index (χ0v) is 17.0. The summed E-state index contributed by atoms with van der Waals surface area (Å²) < 4.78 is 11.3. The predicted molar refractivity (Wildman–Crippen MR) is 101 cm³/mol. The Morgan fingerprint density at radius 2 is 1.85 bits per heavy atom. The van der Waals surface area contributed by atoms with Crippen LogP contribution in [0.15, 0.2) is 11.1 Å². The highest BCUT2D eigenvalue weighted by atomic mass is 16.7. The maximum Gasteiger partial charge on any atom is 0.187 e. The van der Waals surface area contributed by atoms with E-state index in [1.807, 2.05) is 0 Å². The first kappa shape index (κ1) is 21.2. The maximum absolute atomic E-state index is 10.2. The predicted octanol–water partition coefficient (Wildman–Crippen LogP) is 1.60. The SMILES string of the molecule is C/C(COC1OC(CO)C(O)C(O)C1O)=C1/CC(C)(C)C[C@@H]2[C@H](C)CC[C@@H]12. The van der Waals surface area contributed by atoms with E-state index in [0.29, 0.717) is 12.5 Å². The quantitative estimate of drug-likeness (QED) is 0.550. The maximum atomic E-state index is 10.2. The molecule has 3 aliphatic rings. The minimum atomic E-state index is -1.40. The van der Waals surface area contributed by atoms with Crippen LogP contribution >= 0.6 is 0 Å². The van der Waals surface area contributed by atoms with Crippen LogP contribution in [0.25, 0.3) is 0 Å². The Morgan fingerprint density at radius 3 is 2.52 bits per heavy atom. The second kappa shape index (κ2) is 8.09. The Hall–Kier alpha value is -0.500. The fraction of sp³-hybridized carbons (Fsp3) is 0.905. The standard InChI is InChI=1S/C21H36O6/c1-11-5-6-13-14(11)7-21(3,4)8-15(13)12(2)10-26-20-19(25)18(24)17(23)16(9-22)27-20/h11,13-14,16-20,22-25H,5-10H2,1-4H3/b15-12+/t11-,13-,14-,16?,17?,18?,19?,20?/m1/s1. The summed E-state index contributed by atoms with van der Waals surface area (Å²) in [7, 11) is 0. The molecule has 0 aromatic heterocycles. The van der Waals surface area contributed by atoms with Gasteiger partial charge in [0.05, 0.1) is 13.2 Å². The van der Waals surface area contributed by atoms with Crippen LogP contribution in [-0.4, -0.2) is 64.3 Å². The Balaban J connectivity index is 1.71. The van der Waals surface area contributed by atoms with Gasteiger partial charge in [0, 0.05) is 0 Å². The van der Waals surface area contributed by atoms with E-state index in [-0.39, 0.29) is 5.41 Å². The van der Waals surface area contributed by atoms with Crippen LogP contribution < -0.4 is 0 Å². The molecule has 0 bridgehead atoms. The molecule has 1 saturated heterocycles. The van der Waals surface area contributed by atoms with Crippen LogP contribution in [0.4, 0.5) is 0 Å². The normalized spacial score (nSPS) is 46.2. The molecule has 0 radical (unpaired) electrons. The Labute approximate surface area is 162 Å². The van der Waals surface area contributed by atoms with E-state index in [9.17, 15) is 20.4 Å². The molecule has 0 spiro atoms. The Bertz CT molecular complexity index is 557. The number of aliphatic hydroxyl groups is 4. The Kier molecular flexibility index (Phi) is 6.36. The third-order valence-electron chi connectivity index (χ3n) is 6.95. The summed E-state index contributed by atoms with van der Waals surface area (Å²) in [6, 6.07) is 0. The molecule has 8 atom stereocenters. The van der Waals surface area contributed by atoms with Gasteiger partial charge in [0.1, 0.15) is 24.4 Å². The lowest BCUT2D eigenvalue weighted by Crippen LogP contribution is -2.59. The molecular formula is C21H36O6. The molecule has 4 N–H and O–H groups in total. The summed E-state index contributed by atoms with van der Waals surface area (Å²) in [5.74, 6) is 2.10. The first-order chi connectivity index (χ1) is 12.6. The average molecular weight is 385 g/mol. The molecule has 6 heteroatoms. The molecule has 5 unspecified atom stereocenters. The van der Waals surface area contributed by atoms with Crippen molar-refractivity contribution in [1.82, 2.24) is 0 Å². The molecule has 6 nitrogen and oxygen atoms in total. The van der Waals surface area contributed by atoms with Crippen molar-refractivity contribution in [3.05, 3.63) is 11.1 Å². The number of rotatable bonds is 4. The second-order valence-corrected chi connectivity index (χ2v) is 9.68. The number of fused-ring (bicyclic) bond motifs is 1. The minimum absolute atomic E-state index is 0.277. The second-order valence-electron chi connectivity index (χ2n) is 9.68. The zero-order valence-electron chi connectivity index (χ0n) is 17.0. The monoisotopic (exact) mass is 384 g/mol. The highest BCUT2D eigenvalue weighted by Gasteiger charge is 2.45. The average Bonchev–Trinajstić information content (AvgIpc) is 2.98. The topological polar surface area (TPSA) is 99.4 Å². The first-order valence-electron chi connectivity index (χ1n) is 10.2. The zero-order chi connectivity index (χ0) is 19.9. The number of hydrogen-bond donors (Lipinski definition) is 4. The molecule has 1 aliphatic heterocycles. The number of allylic oxidation sites excluding steroid dienone is 1. The van der Waals surface area contributed by atoms with Crippen LogP contribution in [0.1, 0.15) is 53.4 Å². The van der Waals surface area contributed by atoms with Gasteiger partial charge in [-0.05, 0) is 61.3 Å². The molecule has 156 valence electrons. The van der Waals surface area contributed by atoms with E-state index in [1.165, 1.54) is 30.4 Å². The highest BCUT2D eigenvalue weighted by Crippen LogP contribution is 2.54. The van der Waals surface area contributed by atoms with Crippen LogP contribution in [-0.2, 0) is 9.47 Å². The summed E-state index contributed by atoms with van der Waals surface area (Å²) in [5.41, 5.74) is 2.92. The van der Waals surface area contributed by atoms with Gasteiger partial charge in [-0.2, -0.15) is 0 Å². The van der Waals surface area contributed by atoms with Crippen molar-refractivity contribution in [2.45, 2.75) is 84.1 Å². The summed E-state index contributed by atoms with van der Waals surface area (Å²) in [6.45, 7) is 8.98. The minimum Gasteiger partial charge on any atom is -0.394 e. The van der Waals surface area contributed by atoms with Crippen molar-refractivity contribution >= 4 is 0 Å². The van der Waals surface area contributed by atoms with Crippen LogP contribution in [0.2, 0.25) is 0 Å². The van der Waals surface area contributed by atoms with E-state index < -0.39 is 37.3 Å². The molecular weight excluding hydrogens is 348 g/mol. The largest absolute Gasteiger partial charge is 0.394 e. The fourth-order valence-corrected chi connectivity index (χ4v) is 5.37. The Morgan fingerprint density at radius 1 is 1.15 bits per heavy atom. The van der Waals surface area contributed by atoms with Gasteiger partial charge in [-0.15, -0.1) is 0 Å². The van der Waals surface area contributed by atoms with Crippen LogP contribution in [0, 0.1) is 23.2 Å². The molecule has 2 saturated carbocycles. The molecule has 3 rings (SSSR count). The first-order valence-corrected chi connectivity index (χ1v) is 10.2. The van der Waals surface area contributed by atoms with Crippen molar-refractivity contribution < 1.29 is 29.9 Å². The molecule has 3 fully saturated rings. The number of aliphatic hydroxyl groups excluding tert-OH is 4. The molecule has 1 heterocycles. The molecule has 27 heavy (non-hydrogen) atoms. The van der Waals surface area contributed by atoms with Crippen LogP contribution in [0.5, 0.6) is 0 Å². The highest BCUT2D eigenvalue weighted by molar-refractivity contribution is 5.23. The summed E-state index contributed by atoms with van der Waals surface area (Å²) >= 11 is 0. The van der Waals surface area contributed by atoms with Gasteiger partial charge in [-0.3, -0.25) is 0 Å². The van der Waals surface area contributed by atoms with Crippen molar-refractivity contribution in [1.29, 1.82) is 0 Å². The van der Waals surface area contributed by atoms with E-state index in [1.54, 1.807) is 0 Å². The summed E-state index contributed by atoms with van der Waals surface area (Å²) in [6.07, 6.45) is -1.27. The molecule has 2 aliphatic carbocycles. The van der Waals surface area contributed by atoms with Gasteiger partial charge >= 0.3 is 0 Å². The summed E-state index contributed by atoms with van der Waals surface area (Å²) in [4.78, 5) is 0. The lowest BCUT2D eigenvalue weighted by atomic mass is 9.63. The smallest absolute Gasteiger partial charge is 0.187 e. The van der Waals surface area contributed by atoms with Gasteiger partial charge < -0.3 is 29.9 Å². The lowest BCUT2D eigenvalue weighted by molar-refractivity contribution is -0.299. The van der Waals surface area contributed by atoms with E-state index in [4.69, 9.17) is 9.47 Å². The lowest BCUT2D eigenvalue weighted by Gasteiger charge is -2.42. The fourth-order valence-electron chi connectivity index (χ4n) is 5.37. The molecule has 0 amide bonds. The third kappa shape index (κ3) is 4.26. The van der Waals surface area contributed by atoms with Gasteiger partial charge in [-0.1, -0.05) is 26.3 Å². The van der Waals surface area contributed by atoms with Gasteiger partial charge in [0.15, 0.2) is 6.29 Å². The number of ether oxygens (including phenoxy) is 2. The van der Waals surface area contributed by atoms with Gasteiger partial charge in [-0.25, -0.2) is 0 Å². The van der Waals surface area contributed by atoms with Crippen molar-refractivity contribution in [2.75, 3.05) is 13.2 Å². The number of hydrogen-bond acceptors (Lipinski definition) is 6. The van der Waals surface area contributed by atoms with E-state index in [0.717, 1.165) is 18.3 Å². The van der Waals surface area contributed by atoms with Crippen molar-refractivity contribution in [2.24, 2.45) is 23.2 Å². The van der Waals surface area contributed by atoms with Crippen molar-refractivity contribution in [3.8, 4) is 0 Å². The summed E-state index contributed by atoms with van der Waals surface area (Å²) in [5, 5.41) is 39.3.